The smallest absolute Gasteiger partial charge is 0.133 e. The summed E-state index contributed by atoms with van der Waals surface area (Å²) >= 11 is 0. The van der Waals surface area contributed by atoms with Gasteiger partial charge in [-0.2, -0.15) is 0 Å². The van der Waals surface area contributed by atoms with Crippen LogP contribution in [0.3, 0.4) is 0 Å². The summed E-state index contributed by atoms with van der Waals surface area (Å²) in [5, 5.41) is 0. The van der Waals surface area contributed by atoms with Gasteiger partial charge < -0.3 is 0 Å². The van der Waals surface area contributed by atoms with E-state index in [1.165, 1.54) is 51.4 Å². The molecule has 0 aromatic heterocycles. The summed E-state index contributed by atoms with van der Waals surface area (Å²) in [6, 6.07) is 0. The summed E-state index contributed by atoms with van der Waals surface area (Å²) in [4.78, 5) is 12.1. The zero-order valence-corrected chi connectivity index (χ0v) is 20.8. The molecule has 0 amide bonds. The molecule has 0 aromatic carbocycles. The summed E-state index contributed by atoms with van der Waals surface area (Å²) in [7, 11) is 0. The van der Waals surface area contributed by atoms with Crippen molar-refractivity contribution in [3.63, 3.8) is 0 Å². The molecule has 0 aromatic rings. The Bertz CT molecular complexity index is 661. The fourth-order valence-electron chi connectivity index (χ4n) is 9.23. The fourth-order valence-corrected chi connectivity index (χ4v) is 9.23. The SMILES string of the molecule is CC[C@H](/C=C/[C@@H](C)[C@@H]1CC[C@@H]2[C@H]3CC[C@H]4CC(=O)CC[C@]4(C)[C@@H]3CC[C@@]21C)C(C)C. The highest BCUT2D eigenvalue weighted by Gasteiger charge is 2.60. The Morgan fingerprint density at radius 1 is 0.933 bits per heavy atom. The number of rotatable bonds is 5. The maximum Gasteiger partial charge on any atom is 0.133 e. The second kappa shape index (κ2) is 8.40. The highest BCUT2D eigenvalue weighted by molar-refractivity contribution is 5.79. The van der Waals surface area contributed by atoms with E-state index in [1.807, 2.05) is 0 Å². The molecule has 170 valence electrons. The Hall–Kier alpha value is -0.590. The van der Waals surface area contributed by atoms with Gasteiger partial charge in [0.15, 0.2) is 0 Å². The first-order chi connectivity index (χ1) is 14.2. The molecular weight excluding hydrogens is 364 g/mol. The number of carbonyl (C=O) groups excluding carboxylic acids is 1. The Kier molecular flexibility index (Phi) is 6.33. The van der Waals surface area contributed by atoms with Crippen molar-refractivity contribution in [1.82, 2.24) is 0 Å². The van der Waals surface area contributed by atoms with Crippen molar-refractivity contribution in [3.8, 4) is 0 Å². The van der Waals surface area contributed by atoms with E-state index in [1.54, 1.807) is 0 Å². The first-order valence-corrected chi connectivity index (χ1v) is 13.4. The monoisotopic (exact) mass is 412 g/mol. The largest absolute Gasteiger partial charge is 0.300 e. The van der Waals surface area contributed by atoms with Gasteiger partial charge in [-0.15, -0.1) is 0 Å². The maximum atomic E-state index is 12.1. The van der Waals surface area contributed by atoms with Gasteiger partial charge >= 0.3 is 0 Å². The Labute approximate surface area is 186 Å². The lowest BCUT2D eigenvalue weighted by Crippen LogP contribution is -2.53. The second-order valence-corrected chi connectivity index (χ2v) is 12.7. The molecule has 4 fully saturated rings. The van der Waals surface area contributed by atoms with Crippen LogP contribution in [0.2, 0.25) is 0 Å². The first kappa shape index (κ1) is 22.6. The molecule has 1 nitrogen and oxygen atoms in total. The average Bonchev–Trinajstić information content (AvgIpc) is 3.06. The normalized spacial score (nSPS) is 45.8. The number of carbonyl (C=O) groups is 1. The highest BCUT2D eigenvalue weighted by atomic mass is 16.1. The van der Waals surface area contributed by atoms with E-state index in [4.69, 9.17) is 0 Å². The van der Waals surface area contributed by atoms with Crippen molar-refractivity contribution in [2.24, 2.45) is 58.2 Å². The topological polar surface area (TPSA) is 17.1 Å². The zero-order chi connectivity index (χ0) is 21.7. The molecule has 4 aliphatic rings. The van der Waals surface area contributed by atoms with Crippen LogP contribution in [0.1, 0.15) is 106 Å². The number of ketones is 1. The molecule has 1 heteroatoms. The Balaban J connectivity index is 1.50. The molecule has 0 unspecified atom stereocenters. The molecule has 0 radical (unpaired) electrons. The lowest BCUT2D eigenvalue weighted by atomic mass is 9.44. The van der Waals surface area contributed by atoms with Crippen LogP contribution in [0.4, 0.5) is 0 Å². The molecule has 0 spiro atoms. The lowest BCUT2D eigenvalue weighted by molar-refractivity contribution is -0.140. The van der Waals surface area contributed by atoms with Gasteiger partial charge in [0.1, 0.15) is 5.78 Å². The van der Waals surface area contributed by atoms with Gasteiger partial charge in [0, 0.05) is 12.8 Å². The van der Waals surface area contributed by atoms with Crippen LogP contribution in [0.15, 0.2) is 12.2 Å². The van der Waals surface area contributed by atoms with Gasteiger partial charge in [0.2, 0.25) is 0 Å². The van der Waals surface area contributed by atoms with Crippen molar-refractivity contribution >= 4 is 5.78 Å². The molecule has 0 saturated heterocycles. The first-order valence-electron chi connectivity index (χ1n) is 13.4. The minimum Gasteiger partial charge on any atom is -0.300 e. The van der Waals surface area contributed by atoms with E-state index in [0.29, 0.717) is 28.4 Å². The van der Waals surface area contributed by atoms with Crippen molar-refractivity contribution in [2.75, 3.05) is 0 Å². The highest BCUT2D eigenvalue weighted by Crippen LogP contribution is 2.68. The summed E-state index contributed by atoms with van der Waals surface area (Å²) in [6.45, 7) is 14.8. The summed E-state index contributed by atoms with van der Waals surface area (Å²) in [5.41, 5.74) is 0.992. The van der Waals surface area contributed by atoms with E-state index in [0.717, 1.165) is 48.3 Å². The molecular formula is C29H48O. The molecule has 0 bridgehead atoms. The predicted molar refractivity (Wildman–Crippen MR) is 127 cm³/mol. The number of hydrogen-bond acceptors (Lipinski definition) is 1. The van der Waals surface area contributed by atoms with E-state index >= 15 is 0 Å². The molecule has 4 saturated carbocycles. The third-order valence-electron chi connectivity index (χ3n) is 11.2. The van der Waals surface area contributed by atoms with Crippen molar-refractivity contribution in [2.45, 2.75) is 106 Å². The Morgan fingerprint density at radius 2 is 1.67 bits per heavy atom. The minimum absolute atomic E-state index is 0.452. The van der Waals surface area contributed by atoms with Gasteiger partial charge in [0.05, 0.1) is 0 Å². The molecule has 0 heterocycles. The van der Waals surface area contributed by atoms with Gasteiger partial charge in [-0.1, -0.05) is 53.7 Å². The van der Waals surface area contributed by atoms with E-state index < -0.39 is 0 Å². The number of fused-ring (bicyclic) bond motifs is 5. The van der Waals surface area contributed by atoms with Crippen LogP contribution in [-0.2, 0) is 4.79 Å². The third kappa shape index (κ3) is 3.65. The van der Waals surface area contributed by atoms with Crippen LogP contribution in [-0.4, -0.2) is 5.78 Å². The van der Waals surface area contributed by atoms with Crippen LogP contribution in [0.25, 0.3) is 0 Å². The van der Waals surface area contributed by atoms with Crippen LogP contribution >= 0.6 is 0 Å². The maximum absolute atomic E-state index is 12.1. The quantitative estimate of drug-likeness (QED) is 0.417. The van der Waals surface area contributed by atoms with E-state index in [2.05, 4.69) is 53.7 Å². The molecule has 30 heavy (non-hydrogen) atoms. The zero-order valence-electron chi connectivity index (χ0n) is 20.8. The number of Topliss-reactive ketones (excluding diaryl/α,β-unsaturated/α-hetero) is 1. The van der Waals surface area contributed by atoms with Gasteiger partial charge in [-0.3, -0.25) is 4.79 Å². The molecule has 0 aliphatic heterocycles. The predicted octanol–water partition coefficient (Wildman–Crippen LogP) is 8.09. The van der Waals surface area contributed by atoms with Gasteiger partial charge in [-0.05, 0) is 110 Å². The summed E-state index contributed by atoms with van der Waals surface area (Å²) in [6.07, 6.45) is 17.8. The second-order valence-electron chi connectivity index (χ2n) is 12.7. The number of allylic oxidation sites excluding steroid dienone is 2. The lowest BCUT2D eigenvalue weighted by Gasteiger charge is -2.60. The van der Waals surface area contributed by atoms with E-state index in [-0.39, 0.29) is 0 Å². The third-order valence-corrected chi connectivity index (χ3v) is 11.2. The molecule has 4 rings (SSSR count). The van der Waals surface area contributed by atoms with Gasteiger partial charge in [0.25, 0.3) is 0 Å². The van der Waals surface area contributed by atoms with Crippen LogP contribution < -0.4 is 0 Å². The minimum atomic E-state index is 0.452. The molecule has 9 atom stereocenters. The Morgan fingerprint density at radius 3 is 2.37 bits per heavy atom. The summed E-state index contributed by atoms with van der Waals surface area (Å²) in [5.74, 6) is 7.04. The van der Waals surface area contributed by atoms with Gasteiger partial charge in [-0.25, -0.2) is 0 Å². The number of hydrogen-bond donors (Lipinski definition) is 0. The molecule has 4 aliphatic carbocycles. The average molecular weight is 413 g/mol. The van der Waals surface area contributed by atoms with Crippen LogP contribution in [0, 0.1) is 58.2 Å². The van der Waals surface area contributed by atoms with Crippen molar-refractivity contribution in [3.05, 3.63) is 12.2 Å². The van der Waals surface area contributed by atoms with Crippen molar-refractivity contribution in [1.29, 1.82) is 0 Å². The van der Waals surface area contributed by atoms with Crippen LogP contribution in [0.5, 0.6) is 0 Å². The standard InChI is InChI=1S/C29H48O/c1-7-21(19(2)3)9-8-20(4)25-12-13-26-24-11-10-22-18-23(30)14-16-28(22,5)27(24)15-17-29(25,26)6/h8-9,19-22,24-27H,7,10-18H2,1-6H3/b9-8+/t20-,21-,22+,24-,25+,26-,27-,28+,29-/m1/s1. The molecule has 0 N–H and O–H groups in total. The van der Waals surface area contributed by atoms with Crippen molar-refractivity contribution < 1.29 is 4.79 Å². The fraction of sp³-hybridized carbons (Fsp3) is 0.897. The summed E-state index contributed by atoms with van der Waals surface area (Å²) < 4.78 is 0. The van der Waals surface area contributed by atoms with E-state index in [9.17, 15) is 4.79 Å².